The van der Waals surface area contributed by atoms with Gasteiger partial charge in [0, 0.05) is 24.4 Å². The summed E-state index contributed by atoms with van der Waals surface area (Å²) in [4.78, 5) is 18.9. The van der Waals surface area contributed by atoms with E-state index in [-0.39, 0.29) is 5.91 Å². The van der Waals surface area contributed by atoms with Gasteiger partial charge in [0.05, 0.1) is 11.4 Å². The van der Waals surface area contributed by atoms with E-state index in [1.54, 1.807) is 18.0 Å². The first kappa shape index (κ1) is 19.0. The van der Waals surface area contributed by atoms with Gasteiger partial charge < -0.3 is 14.6 Å². The second-order valence-corrected chi connectivity index (χ2v) is 7.70. The normalized spacial score (nSPS) is 15.3. The Kier molecular flexibility index (Phi) is 7.14. The first-order chi connectivity index (χ1) is 12.8. The zero-order chi connectivity index (χ0) is 18.2. The van der Waals surface area contributed by atoms with Gasteiger partial charge in [0.1, 0.15) is 6.26 Å². The van der Waals surface area contributed by atoms with Crippen LogP contribution in [0.1, 0.15) is 25.0 Å². The first-order valence-corrected chi connectivity index (χ1v) is 10.4. The number of nitrogens with one attached hydrogen (secondary N) is 1. The quantitative estimate of drug-likeness (QED) is 0.768. The van der Waals surface area contributed by atoms with Gasteiger partial charge in [0.15, 0.2) is 0 Å². The molecule has 140 valence electrons. The van der Waals surface area contributed by atoms with Gasteiger partial charge in [-0.3, -0.25) is 4.79 Å². The Hall–Kier alpha value is -1.79. The van der Waals surface area contributed by atoms with Crippen LogP contribution in [0.15, 0.2) is 41.0 Å². The van der Waals surface area contributed by atoms with Crippen molar-refractivity contribution in [2.75, 3.05) is 32.4 Å². The highest BCUT2D eigenvalue weighted by molar-refractivity contribution is 7.99. The molecule has 1 aliphatic rings. The first-order valence-electron chi connectivity index (χ1n) is 9.26. The molecule has 1 aliphatic heterocycles. The van der Waals surface area contributed by atoms with Crippen molar-refractivity contribution in [2.24, 2.45) is 5.92 Å². The fraction of sp³-hybridized carbons (Fsp3) is 0.500. The topological polar surface area (TPSA) is 58.4 Å². The number of rotatable bonds is 8. The zero-order valence-corrected chi connectivity index (χ0v) is 16.1. The molecule has 1 saturated heterocycles. The summed E-state index contributed by atoms with van der Waals surface area (Å²) >= 11 is 1.61. The van der Waals surface area contributed by atoms with Crippen LogP contribution in [0.25, 0.3) is 11.5 Å². The average molecular weight is 374 g/mol. The Morgan fingerprint density at radius 1 is 1.31 bits per heavy atom. The van der Waals surface area contributed by atoms with Crippen LogP contribution in [0, 0.1) is 5.92 Å². The molecular formula is C20H27N3O2S. The minimum atomic E-state index is 0.244. The minimum absolute atomic E-state index is 0.244. The number of amides is 1. The van der Waals surface area contributed by atoms with E-state index in [0.29, 0.717) is 17.4 Å². The lowest BCUT2D eigenvalue weighted by Crippen LogP contribution is -2.39. The Labute approximate surface area is 159 Å². The molecule has 0 bridgehead atoms. The molecule has 1 N–H and O–H groups in total. The fourth-order valence-corrected chi connectivity index (χ4v) is 4.04. The molecule has 1 amide bonds. The number of likely N-dealkylation sites (tertiary alicyclic amines) is 1. The highest BCUT2D eigenvalue weighted by Gasteiger charge is 2.22. The molecule has 0 unspecified atom stereocenters. The fourth-order valence-electron chi connectivity index (χ4n) is 3.24. The summed E-state index contributed by atoms with van der Waals surface area (Å²) < 4.78 is 5.54. The molecule has 0 saturated carbocycles. The molecule has 1 fully saturated rings. The molecule has 26 heavy (non-hydrogen) atoms. The Bertz CT molecular complexity index is 681. The van der Waals surface area contributed by atoms with Crippen LogP contribution >= 0.6 is 11.8 Å². The standard InChI is InChI=1S/C20H27N3O2S/c1-21-10-7-16-8-11-23(12-9-16)19(24)15-26-14-18-13-25-20(22-18)17-5-3-2-4-6-17/h2-6,13,16,21H,7-12,14-15H2,1H3. The van der Waals surface area contributed by atoms with Crippen LogP contribution < -0.4 is 5.32 Å². The SMILES string of the molecule is CNCCC1CCN(C(=O)CSCc2coc(-c3ccccc3)n2)CC1. The van der Waals surface area contributed by atoms with Gasteiger partial charge in [-0.2, -0.15) is 0 Å². The van der Waals surface area contributed by atoms with E-state index in [1.807, 2.05) is 42.3 Å². The van der Waals surface area contributed by atoms with Crippen molar-refractivity contribution >= 4 is 17.7 Å². The molecule has 6 heteroatoms. The van der Waals surface area contributed by atoms with Crippen LogP contribution in [0.3, 0.4) is 0 Å². The maximum absolute atomic E-state index is 12.4. The number of hydrogen-bond acceptors (Lipinski definition) is 5. The van der Waals surface area contributed by atoms with Crippen molar-refractivity contribution in [1.29, 1.82) is 0 Å². The highest BCUT2D eigenvalue weighted by Crippen LogP contribution is 2.22. The van der Waals surface area contributed by atoms with Gasteiger partial charge in [-0.1, -0.05) is 18.2 Å². The summed E-state index contributed by atoms with van der Waals surface area (Å²) in [5.41, 5.74) is 1.85. The summed E-state index contributed by atoms with van der Waals surface area (Å²) in [5, 5.41) is 3.21. The smallest absolute Gasteiger partial charge is 0.232 e. The number of hydrogen-bond donors (Lipinski definition) is 1. The molecule has 0 radical (unpaired) electrons. The van der Waals surface area contributed by atoms with Gasteiger partial charge in [-0.05, 0) is 50.9 Å². The van der Waals surface area contributed by atoms with Crippen LogP contribution in [0.2, 0.25) is 0 Å². The molecule has 3 rings (SSSR count). The Morgan fingerprint density at radius 3 is 2.81 bits per heavy atom. The molecule has 0 atom stereocenters. The van der Waals surface area contributed by atoms with E-state index in [9.17, 15) is 4.79 Å². The van der Waals surface area contributed by atoms with E-state index >= 15 is 0 Å². The van der Waals surface area contributed by atoms with Gasteiger partial charge in [0.2, 0.25) is 11.8 Å². The van der Waals surface area contributed by atoms with Crippen LogP contribution in [-0.2, 0) is 10.5 Å². The van der Waals surface area contributed by atoms with Crippen molar-refractivity contribution in [2.45, 2.75) is 25.0 Å². The number of piperidine rings is 1. The third-order valence-corrected chi connectivity index (χ3v) is 5.77. The third kappa shape index (κ3) is 5.35. The monoisotopic (exact) mass is 373 g/mol. The van der Waals surface area contributed by atoms with Crippen molar-refractivity contribution in [3.8, 4) is 11.5 Å². The number of aromatic nitrogens is 1. The summed E-state index contributed by atoms with van der Waals surface area (Å²) in [6, 6.07) is 9.86. The predicted molar refractivity (Wildman–Crippen MR) is 106 cm³/mol. The molecule has 0 aliphatic carbocycles. The molecule has 1 aromatic carbocycles. The van der Waals surface area contributed by atoms with E-state index in [2.05, 4.69) is 10.3 Å². The lowest BCUT2D eigenvalue weighted by Gasteiger charge is -2.32. The largest absolute Gasteiger partial charge is 0.444 e. The highest BCUT2D eigenvalue weighted by atomic mass is 32.2. The van der Waals surface area contributed by atoms with Gasteiger partial charge in [-0.15, -0.1) is 11.8 Å². The Morgan fingerprint density at radius 2 is 2.08 bits per heavy atom. The molecule has 1 aromatic heterocycles. The number of thioether (sulfide) groups is 1. The van der Waals surface area contributed by atoms with Crippen molar-refractivity contribution in [1.82, 2.24) is 15.2 Å². The van der Waals surface area contributed by atoms with Crippen LogP contribution in [0.4, 0.5) is 0 Å². The van der Waals surface area contributed by atoms with E-state index < -0.39 is 0 Å². The number of carbonyl (C=O) groups is 1. The maximum Gasteiger partial charge on any atom is 0.232 e. The Balaban J connectivity index is 1.39. The number of oxazole rings is 1. The van der Waals surface area contributed by atoms with Crippen molar-refractivity contribution in [3.05, 3.63) is 42.3 Å². The molecule has 2 heterocycles. The zero-order valence-electron chi connectivity index (χ0n) is 15.3. The lowest BCUT2D eigenvalue weighted by atomic mass is 9.93. The van der Waals surface area contributed by atoms with E-state index in [0.717, 1.165) is 49.7 Å². The van der Waals surface area contributed by atoms with Gasteiger partial charge in [-0.25, -0.2) is 4.98 Å². The number of benzene rings is 1. The van der Waals surface area contributed by atoms with Crippen LogP contribution in [-0.4, -0.2) is 48.2 Å². The molecular weight excluding hydrogens is 346 g/mol. The predicted octanol–water partition coefficient (Wildman–Crippen LogP) is 3.42. The third-order valence-electron chi connectivity index (χ3n) is 4.82. The summed E-state index contributed by atoms with van der Waals surface area (Å²) in [7, 11) is 1.99. The summed E-state index contributed by atoms with van der Waals surface area (Å²) in [6.45, 7) is 2.86. The second kappa shape index (κ2) is 9.78. The maximum atomic E-state index is 12.4. The minimum Gasteiger partial charge on any atom is -0.444 e. The van der Waals surface area contributed by atoms with Gasteiger partial charge in [0.25, 0.3) is 0 Å². The lowest BCUT2D eigenvalue weighted by molar-refractivity contribution is -0.129. The average Bonchev–Trinajstić information content (AvgIpc) is 3.16. The van der Waals surface area contributed by atoms with Crippen LogP contribution in [0.5, 0.6) is 0 Å². The van der Waals surface area contributed by atoms with E-state index in [4.69, 9.17) is 4.42 Å². The molecule has 2 aromatic rings. The molecule has 5 nitrogen and oxygen atoms in total. The summed E-state index contributed by atoms with van der Waals surface area (Å²) in [6.07, 6.45) is 5.15. The van der Waals surface area contributed by atoms with Gasteiger partial charge >= 0.3 is 0 Å². The van der Waals surface area contributed by atoms with Crippen molar-refractivity contribution in [3.63, 3.8) is 0 Å². The second-order valence-electron chi connectivity index (χ2n) is 6.72. The van der Waals surface area contributed by atoms with E-state index in [1.165, 1.54) is 6.42 Å². The van der Waals surface area contributed by atoms with Crippen molar-refractivity contribution < 1.29 is 9.21 Å². The molecule has 0 spiro atoms. The number of carbonyl (C=O) groups excluding carboxylic acids is 1. The summed E-state index contributed by atoms with van der Waals surface area (Å²) in [5.74, 6) is 2.84. The number of nitrogens with zero attached hydrogens (tertiary/aromatic N) is 2.